The van der Waals surface area contributed by atoms with Crippen LogP contribution in [-0.4, -0.2) is 65.7 Å². The second-order valence-electron chi connectivity index (χ2n) is 10.00. The largest absolute Gasteiger partial charge is 0.389 e. The fourth-order valence-corrected chi connectivity index (χ4v) is 5.16. The summed E-state index contributed by atoms with van der Waals surface area (Å²) >= 11 is 0. The van der Waals surface area contributed by atoms with Gasteiger partial charge in [0, 0.05) is 38.2 Å². The van der Waals surface area contributed by atoms with Gasteiger partial charge in [-0.1, -0.05) is 37.3 Å². The smallest absolute Gasteiger partial charge is 0.225 e. The van der Waals surface area contributed by atoms with Crippen LogP contribution < -0.4 is 10.6 Å². The topological polar surface area (TPSA) is 90.9 Å². The van der Waals surface area contributed by atoms with E-state index in [-0.39, 0.29) is 36.8 Å². The molecule has 0 bridgehead atoms. The van der Waals surface area contributed by atoms with E-state index in [1.807, 2.05) is 37.3 Å². The zero-order valence-electron chi connectivity index (χ0n) is 21.0. The Kier molecular flexibility index (Phi) is 9.23. The van der Waals surface area contributed by atoms with Crippen molar-refractivity contribution in [1.82, 2.24) is 15.5 Å². The van der Waals surface area contributed by atoms with Gasteiger partial charge < -0.3 is 25.4 Å². The van der Waals surface area contributed by atoms with E-state index in [0.29, 0.717) is 38.2 Å². The number of aliphatic hydroxyl groups is 1. The Hall–Kier alpha value is -2.88. The van der Waals surface area contributed by atoms with E-state index < -0.39 is 29.7 Å². The number of nitrogens with one attached hydrogen (secondary N) is 2. The Morgan fingerprint density at radius 2 is 1.92 bits per heavy atom. The summed E-state index contributed by atoms with van der Waals surface area (Å²) in [5, 5.41) is 17.4. The lowest BCUT2D eigenvalue weighted by molar-refractivity contribution is -0.129. The fourth-order valence-electron chi connectivity index (χ4n) is 5.16. The molecule has 0 aliphatic carbocycles. The molecule has 37 heavy (non-hydrogen) atoms. The van der Waals surface area contributed by atoms with Gasteiger partial charge in [-0.05, 0) is 42.5 Å². The first-order chi connectivity index (χ1) is 17.8. The van der Waals surface area contributed by atoms with Crippen LogP contribution in [0.5, 0.6) is 0 Å². The molecule has 200 valence electrons. The summed E-state index contributed by atoms with van der Waals surface area (Å²) in [6.07, 6.45) is 0.300. The second-order valence-corrected chi connectivity index (χ2v) is 10.00. The molecule has 1 unspecified atom stereocenters. The maximum absolute atomic E-state index is 13.9. The number of rotatable bonds is 11. The molecule has 2 amide bonds. The van der Waals surface area contributed by atoms with Gasteiger partial charge in [-0.3, -0.25) is 9.59 Å². The number of ether oxygens (including phenoxy) is 1. The van der Waals surface area contributed by atoms with Gasteiger partial charge in [0.25, 0.3) is 0 Å². The maximum atomic E-state index is 13.9. The molecule has 7 nitrogen and oxygen atoms in total. The van der Waals surface area contributed by atoms with Crippen LogP contribution in [0.4, 0.5) is 8.78 Å². The molecule has 9 heteroatoms. The normalized spacial score (nSPS) is 23.3. The predicted octanol–water partition coefficient (Wildman–Crippen LogP) is 2.56. The molecule has 2 aliphatic rings. The lowest BCUT2D eigenvalue weighted by atomic mass is 9.94. The lowest BCUT2D eigenvalue weighted by Gasteiger charge is -2.29. The van der Waals surface area contributed by atoms with E-state index >= 15 is 0 Å². The van der Waals surface area contributed by atoms with E-state index in [2.05, 4.69) is 10.6 Å². The van der Waals surface area contributed by atoms with E-state index in [9.17, 15) is 23.5 Å². The van der Waals surface area contributed by atoms with Crippen LogP contribution >= 0.6 is 0 Å². The van der Waals surface area contributed by atoms with Crippen LogP contribution in [0.2, 0.25) is 0 Å². The first-order valence-electron chi connectivity index (χ1n) is 12.9. The number of hydrogen-bond acceptors (Lipinski definition) is 5. The highest BCUT2D eigenvalue weighted by molar-refractivity contribution is 5.89. The van der Waals surface area contributed by atoms with Gasteiger partial charge in [0.15, 0.2) is 0 Å². The molecule has 0 radical (unpaired) electrons. The average molecular weight is 516 g/mol. The molecule has 0 aromatic heterocycles. The standard InChI is InChI=1S/C28H35F2N3O4/c1-2-8-33-16-20(12-26(33)34)28(36)32-25(11-19-9-21(29)13-22(30)10-19)27(35)24-14-23(15-31-24)37-17-18-6-4-3-5-7-18/h3-7,9-10,13,20,23-25,27,31,35H,2,8,11-12,14-17H2,1H3,(H,32,36)/t20?,23-,24-,25+,27-/m1/s1. The van der Waals surface area contributed by atoms with Gasteiger partial charge in [0.2, 0.25) is 11.8 Å². The third-order valence-corrected chi connectivity index (χ3v) is 7.06. The minimum Gasteiger partial charge on any atom is -0.389 e. The first-order valence-corrected chi connectivity index (χ1v) is 12.9. The maximum Gasteiger partial charge on any atom is 0.225 e. The number of amides is 2. The van der Waals surface area contributed by atoms with Gasteiger partial charge in [-0.2, -0.15) is 0 Å². The molecule has 2 aliphatic heterocycles. The third-order valence-electron chi connectivity index (χ3n) is 7.06. The molecule has 0 spiro atoms. The molecule has 2 aromatic rings. The number of carbonyl (C=O) groups excluding carboxylic acids is 2. The van der Waals surface area contributed by atoms with E-state index in [1.165, 1.54) is 12.1 Å². The van der Waals surface area contributed by atoms with Crippen molar-refractivity contribution in [2.75, 3.05) is 19.6 Å². The molecule has 2 heterocycles. The summed E-state index contributed by atoms with van der Waals surface area (Å²) in [6.45, 7) is 3.87. The average Bonchev–Trinajstić information content (AvgIpc) is 3.49. The summed E-state index contributed by atoms with van der Waals surface area (Å²) in [4.78, 5) is 27.1. The third kappa shape index (κ3) is 7.34. The number of nitrogens with zero attached hydrogens (tertiary/aromatic N) is 1. The number of hydrogen-bond donors (Lipinski definition) is 3. The minimum absolute atomic E-state index is 0.0364. The van der Waals surface area contributed by atoms with Crippen LogP contribution in [-0.2, 0) is 27.4 Å². The number of carbonyl (C=O) groups is 2. The summed E-state index contributed by atoms with van der Waals surface area (Å²) < 4.78 is 33.7. The van der Waals surface area contributed by atoms with Gasteiger partial charge in [-0.15, -0.1) is 0 Å². The summed E-state index contributed by atoms with van der Waals surface area (Å²) in [7, 11) is 0. The van der Waals surface area contributed by atoms with Crippen LogP contribution in [0.1, 0.15) is 37.3 Å². The monoisotopic (exact) mass is 515 g/mol. The first kappa shape index (κ1) is 27.2. The van der Waals surface area contributed by atoms with Crippen LogP contribution in [0, 0.1) is 17.6 Å². The van der Waals surface area contributed by atoms with Crippen molar-refractivity contribution in [3.8, 4) is 0 Å². The Labute approximate surface area is 216 Å². The molecule has 4 rings (SSSR count). The number of benzene rings is 2. The molecule has 0 saturated carbocycles. The molecule has 5 atom stereocenters. The molecule has 2 fully saturated rings. The van der Waals surface area contributed by atoms with Crippen LogP contribution in [0.25, 0.3) is 0 Å². The van der Waals surface area contributed by atoms with Gasteiger partial charge in [0.05, 0.1) is 30.8 Å². The van der Waals surface area contributed by atoms with Crippen molar-refractivity contribution in [2.45, 2.75) is 63.5 Å². The van der Waals surface area contributed by atoms with Gasteiger partial charge in [-0.25, -0.2) is 8.78 Å². The second kappa shape index (κ2) is 12.6. The minimum atomic E-state index is -1.04. The Balaban J connectivity index is 1.42. The van der Waals surface area contributed by atoms with Crippen molar-refractivity contribution in [2.24, 2.45) is 5.92 Å². The van der Waals surface area contributed by atoms with Crippen LogP contribution in [0.15, 0.2) is 48.5 Å². The molecule has 2 saturated heterocycles. The molecular weight excluding hydrogens is 480 g/mol. The molecule has 3 N–H and O–H groups in total. The highest BCUT2D eigenvalue weighted by atomic mass is 19.1. The molecular formula is C28H35F2N3O4. The Morgan fingerprint density at radius 1 is 1.19 bits per heavy atom. The van der Waals surface area contributed by atoms with Crippen molar-refractivity contribution in [3.05, 3.63) is 71.3 Å². The van der Waals surface area contributed by atoms with Gasteiger partial charge >= 0.3 is 0 Å². The summed E-state index contributed by atoms with van der Waals surface area (Å²) in [5.41, 5.74) is 1.37. The van der Waals surface area contributed by atoms with Crippen LogP contribution in [0.3, 0.4) is 0 Å². The van der Waals surface area contributed by atoms with Crippen molar-refractivity contribution >= 4 is 11.8 Å². The van der Waals surface area contributed by atoms with Crippen molar-refractivity contribution < 1.29 is 28.2 Å². The number of aliphatic hydroxyl groups excluding tert-OH is 1. The molecule has 2 aromatic carbocycles. The number of likely N-dealkylation sites (tertiary alicyclic amines) is 1. The van der Waals surface area contributed by atoms with Crippen molar-refractivity contribution in [1.29, 1.82) is 0 Å². The zero-order valence-corrected chi connectivity index (χ0v) is 21.0. The summed E-state index contributed by atoms with van der Waals surface area (Å²) in [6, 6.07) is 11.8. The van der Waals surface area contributed by atoms with Crippen molar-refractivity contribution in [3.63, 3.8) is 0 Å². The fraction of sp³-hybridized carbons (Fsp3) is 0.500. The van der Waals surface area contributed by atoms with E-state index in [4.69, 9.17) is 4.74 Å². The zero-order chi connectivity index (χ0) is 26.4. The number of halogens is 2. The Bertz CT molecular complexity index is 1050. The highest BCUT2D eigenvalue weighted by Gasteiger charge is 2.38. The lowest BCUT2D eigenvalue weighted by Crippen LogP contribution is -2.53. The highest BCUT2D eigenvalue weighted by Crippen LogP contribution is 2.22. The van der Waals surface area contributed by atoms with E-state index in [1.54, 1.807) is 4.90 Å². The predicted molar refractivity (Wildman–Crippen MR) is 134 cm³/mol. The quantitative estimate of drug-likeness (QED) is 0.428. The van der Waals surface area contributed by atoms with E-state index in [0.717, 1.165) is 18.1 Å². The summed E-state index contributed by atoms with van der Waals surface area (Å²) in [5.74, 6) is -2.39. The SMILES string of the molecule is CCCN1CC(C(=O)N[C@@H](Cc2cc(F)cc(F)c2)[C@H](O)[C@H]2C[C@@H](OCc3ccccc3)CN2)CC1=O. The Morgan fingerprint density at radius 3 is 2.62 bits per heavy atom. The van der Waals surface area contributed by atoms with Gasteiger partial charge in [0.1, 0.15) is 11.6 Å².